The number of unbranched alkanes of at least 4 members (excludes halogenated alkanes) is 14. The Balaban J connectivity index is -0.000000607. The van der Waals surface area contributed by atoms with Crippen molar-refractivity contribution in [2.24, 2.45) is 0 Å². The van der Waals surface area contributed by atoms with E-state index in [4.69, 9.17) is 0 Å². The molecule has 0 aromatic carbocycles. The van der Waals surface area contributed by atoms with E-state index in [9.17, 15) is 29.4 Å². The van der Waals surface area contributed by atoms with E-state index in [0.717, 1.165) is 32.1 Å². The number of nitrogens with one attached hydrogen (secondary N) is 1. The fourth-order valence-corrected chi connectivity index (χ4v) is 3.05. The number of carbonyl (C=O) groups excluding carboxylic acids is 4. The molecule has 0 bridgehead atoms. The zero-order chi connectivity index (χ0) is 21.0. The number of carbonyl (C=O) groups is 3. The number of carboxylic acid groups (broad SMARTS) is 2. The first-order valence-corrected chi connectivity index (χ1v) is 10.5. The van der Waals surface area contributed by atoms with Crippen molar-refractivity contribution in [1.82, 2.24) is 5.32 Å². The molecule has 0 spiro atoms. The molecular weight excluding hydrogens is 496 g/mol. The van der Waals surface area contributed by atoms with Gasteiger partial charge < -0.3 is 35.4 Å². The molecule has 0 aliphatic rings. The Labute approximate surface area is 320 Å². The minimum absolute atomic E-state index is 0. The standard InChI is InChI=1S/C21H36NO6.3K.H2O/c23-17-15-13-11-9-7-5-3-1-2-4-6-8-10-12-14-16-18(24)22-19(20(25)26)21(27)28;;;;/h19H,1-16H2,(H,22,24)(H,25,26)(H,27,28);;;;1H2/q-1;3*+1;/p-3. The summed E-state index contributed by atoms with van der Waals surface area (Å²) in [5, 5.41) is 23.0. The smallest absolute Gasteiger partial charge is 0.870 e. The molecule has 0 saturated heterocycles. The van der Waals surface area contributed by atoms with Crippen molar-refractivity contribution in [2.75, 3.05) is 0 Å². The van der Waals surface area contributed by atoms with Gasteiger partial charge in [0.2, 0.25) is 5.91 Å². The molecule has 0 heterocycles. The topological polar surface area (TPSA) is 156 Å². The Morgan fingerprint density at radius 3 is 1.25 bits per heavy atom. The van der Waals surface area contributed by atoms with Gasteiger partial charge in [0.05, 0.1) is 11.9 Å². The van der Waals surface area contributed by atoms with Crippen LogP contribution in [0.1, 0.15) is 103 Å². The van der Waals surface area contributed by atoms with Crippen LogP contribution in [0.25, 0.3) is 0 Å². The summed E-state index contributed by atoms with van der Waals surface area (Å²) in [5.74, 6) is -4.36. The van der Waals surface area contributed by atoms with Crippen LogP contribution in [-0.4, -0.2) is 35.6 Å². The summed E-state index contributed by atoms with van der Waals surface area (Å²) in [4.78, 5) is 42.6. The van der Waals surface area contributed by atoms with Crippen LogP contribution < -0.4 is 170 Å². The number of aliphatic carboxylic acids is 2. The quantitative estimate of drug-likeness (QED) is 0.0709. The number of hydrogen-bond acceptors (Lipinski definition) is 7. The largest absolute Gasteiger partial charge is 1.00 e. The van der Waals surface area contributed by atoms with Crippen LogP contribution in [0, 0.1) is 0 Å². The van der Waals surface area contributed by atoms with Crippen LogP contribution >= 0.6 is 0 Å². The predicted molar refractivity (Wildman–Crippen MR) is 103 cm³/mol. The van der Waals surface area contributed by atoms with Crippen LogP contribution in [0.15, 0.2) is 0 Å². The summed E-state index contributed by atoms with van der Waals surface area (Å²) < 4.78 is 0. The van der Waals surface area contributed by atoms with Gasteiger partial charge in [-0.2, -0.15) is 6.42 Å². The second-order valence-electron chi connectivity index (χ2n) is 7.23. The molecule has 11 heteroatoms. The summed E-state index contributed by atoms with van der Waals surface area (Å²) in [6.45, 7) is 0. The van der Waals surface area contributed by atoms with Gasteiger partial charge in [0.1, 0.15) is 6.04 Å². The normalized spacial score (nSPS) is 9.41. The van der Waals surface area contributed by atoms with Gasteiger partial charge in [0.25, 0.3) is 0 Å². The molecule has 1 amide bonds. The molecular formula is C21H35K3NO7-. The molecule has 0 aromatic rings. The van der Waals surface area contributed by atoms with Crippen LogP contribution in [0.3, 0.4) is 0 Å². The average molecular weight is 531 g/mol. The summed E-state index contributed by atoms with van der Waals surface area (Å²) in [7, 11) is 0. The zero-order valence-corrected chi connectivity index (χ0v) is 29.7. The molecule has 0 rings (SSSR count). The first-order valence-electron chi connectivity index (χ1n) is 10.5. The van der Waals surface area contributed by atoms with E-state index >= 15 is 0 Å². The van der Waals surface area contributed by atoms with Crippen LogP contribution in [-0.2, 0) is 19.2 Å². The van der Waals surface area contributed by atoms with Gasteiger partial charge in [-0.05, 0) is 6.42 Å². The summed E-state index contributed by atoms with van der Waals surface area (Å²) in [6, 6.07) is -2.09. The van der Waals surface area contributed by atoms with Gasteiger partial charge in [-0.3, -0.25) is 11.1 Å². The van der Waals surface area contributed by atoms with Crippen molar-refractivity contribution in [3.05, 3.63) is 0 Å². The van der Waals surface area contributed by atoms with Crippen LogP contribution in [0.4, 0.5) is 0 Å². The predicted octanol–water partition coefficient (Wildman–Crippen LogP) is -7.84. The van der Waals surface area contributed by atoms with Gasteiger partial charge in [-0.25, -0.2) is 0 Å². The molecule has 0 aromatic heterocycles. The van der Waals surface area contributed by atoms with E-state index in [2.05, 4.69) is 0 Å². The SMILES string of the molecule is O=[C-]CCCCCCCCCCCCCCCCC(=O)NC(C(=O)[O-])C(=O)[O-].[K+].[K+].[K+].[OH-]. The van der Waals surface area contributed by atoms with E-state index in [1.807, 2.05) is 11.6 Å². The third-order valence-electron chi connectivity index (χ3n) is 4.71. The van der Waals surface area contributed by atoms with E-state index in [-0.39, 0.29) is 166 Å². The van der Waals surface area contributed by atoms with Gasteiger partial charge in [0, 0.05) is 6.42 Å². The second-order valence-corrected chi connectivity index (χ2v) is 7.23. The second kappa shape index (κ2) is 33.9. The third-order valence-corrected chi connectivity index (χ3v) is 4.71. The van der Waals surface area contributed by atoms with Crippen LogP contribution in [0.5, 0.6) is 0 Å². The van der Waals surface area contributed by atoms with Gasteiger partial charge >= 0.3 is 154 Å². The molecule has 0 aliphatic carbocycles. The zero-order valence-electron chi connectivity index (χ0n) is 20.3. The molecule has 8 nitrogen and oxygen atoms in total. The van der Waals surface area contributed by atoms with E-state index < -0.39 is 23.9 Å². The van der Waals surface area contributed by atoms with E-state index in [1.54, 1.807) is 0 Å². The molecule has 170 valence electrons. The summed E-state index contributed by atoms with van der Waals surface area (Å²) in [6.07, 6.45) is 18.2. The molecule has 0 aliphatic heterocycles. The molecule has 0 unspecified atom stereocenters. The Bertz CT molecular complexity index is 455. The van der Waals surface area contributed by atoms with Crippen molar-refractivity contribution < 1.29 is 189 Å². The minimum atomic E-state index is -2.09. The van der Waals surface area contributed by atoms with Crippen molar-refractivity contribution >= 4 is 24.1 Å². The first kappa shape index (κ1) is 44.9. The fourth-order valence-electron chi connectivity index (χ4n) is 3.05. The number of carboxylic acids is 2. The molecule has 0 radical (unpaired) electrons. The maximum Gasteiger partial charge on any atom is 1.00 e. The molecule has 0 saturated carbocycles. The molecule has 0 fully saturated rings. The monoisotopic (exact) mass is 530 g/mol. The Morgan fingerprint density at radius 1 is 0.625 bits per heavy atom. The van der Waals surface area contributed by atoms with Gasteiger partial charge in [-0.15, -0.1) is 0 Å². The van der Waals surface area contributed by atoms with Gasteiger partial charge in [0.15, 0.2) is 0 Å². The maximum absolute atomic E-state index is 11.5. The van der Waals surface area contributed by atoms with Crippen molar-refractivity contribution in [1.29, 1.82) is 0 Å². The number of hydrogen-bond donors (Lipinski definition) is 1. The van der Waals surface area contributed by atoms with E-state index in [1.165, 1.54) is 51.4 Å². The van der Waals surface area contributed by atoms with Gasteiger partial charge in [-0.1, -0.05) is 83.5 Å². The van der Waals surface area contributed by atoms with Crippen molar-refractivity contribution in [2.45, 2.75) is 109 Å². The minimum Gasteiger partial charge on any atom is -0.870 e. The first-order chi connectivity index (χ1) is 13.5. The number of amides is 1. The average Bonchev–Trinajstić information content (AvgIpc) is 2.65. The van der Waals surface area contributed by atoms with Crippen LogP contribution in [0.2, 0.25) is 0 Å². The Kier molecular flexibility index (Phi) is 47.6. The molecule has 0 atom stereocenters. The van der Waals surface area contributed by atoms with Crippen molar-refractivity contribution in [3.8, 4) is 0 Å². The number of rotatable bonds is 20. The third kappa shape index (κ3) is 31.0. The van der Waals surface area contributed by atoms with Crippen molar-refractivity contribution in [3.63, 3.8) is 0 Å². The summed E-state index contributed by atoms with van der Waals surface area (Å²) in [5.41, 5.74) is 0. The molecule has 32 heavy (non-hydrogen) atoms. The Morgan fingerprint density at radius 2 is 0.938 bits per heavy atom. The maximum atomic E-state index is 11.5. The Hall–Kier alpha value is 2.95. The molecule has 2 N–H and O–H groups in total. The fraction of sp³-hybridized carbons (Fsp3) is 0.810. The summed E-state index contributed by atoms with van der Waals surface area (Å²) >= 11 is 0. The van der Waals surface area contributed by atoms with E-state index in [0.29, 0.717) is 12.8 Å².